The lowest BCUT2D eigenvalue weighted by Gasteiger charge is -2.36. The minimum Gasteiger partial charge on any atom is -0.478 e. The zero-order chi connectivity index (χ0) is 18.0. The predicted octanol–water partition coefficient (Wildman–Crippen LogP) is 1.18. The third-order valence-corrected chi connectivity index (χ3v) is 7.64. The average Bonchev–Trinajstić information content (AvgIpc) is 3.15. The van der Waals surface area contributed by atoms with Crippen molar-refractivity contribution in [1.29, 1.82) is 0 Å². The third-order valence-electron chi connectivity index (χ3n) is 5.34. The zero-order valence-corrected chi connectivity index (χ0v) is 15.4. The fraction of sp³-hybridized carbons (Fsp3) is 0.867. The number of carbonyl (C=O) groups excluding carboxylic acids is 1. The third kappa shape index (κ3) is 3.79. The summed E-state index contributed by atoms with van der Waals surface area (Å²) in [6.07, 6.45) is 3.02. The number of hydrogen-bond donors (Lipinski definition) is 4. The van der Waals surface area contributed by atoms with Crippen LogP contribution in [0.4, 0.5) is 4.79 Å². The van der Waals surface area contributed by atoms with Crippen molar-refractivity contribution in [2.45, 2.75) is 60.9 Å². The van der Waals surface area contributed by atoms with E-state index in [1.54, 1.807) is 11.8 Å². The Morgan fingerprint density at radius 2 is 2.24 bits per heavy atom. The van der Waals surface area contributed by atoms with Gasteiger partial charge in [0.15, 0.2) is 0 Å². The van der Waals surface area contributed by atoms with Crippen LogP contribution in [0.2, 0.25) is 0 Å². The molecule has 0 aromatic rings. The fourth-order valence-corrected chi connectivity index (χ4v) is 6.00. The molecule has 6 atom stereocenters. The first-order valence-electron chi connectivity index (χ1n) is 8.56. The molecule has 3 aliphatic heterocycles. The first-order valence-corrected chi connectivity index (χ1v) is 10.4. The number of rotatable bonds is 7. The Kier molecular flexibility index (Phi) is 5.88. The molecular formula is C15H23N2O6PS. The van der Waals surface area contributed by atoms with Crippen LogP contribution in [0.1, 0.15) is 32.1 Å². The molecule has 25 heavy (non-hydrogen) atoms. The van der Waals surface area contributed by atoms with E-state index >= 15 is 0 Å². The number of fused-ring (bicyclic) bond motifs is 1. The number of nitrogens with one attached hydrogen (secondary N) is 2. The maximum Gasteiger partial charge on any atom is 0.348 e. The van der Waals surface area contributed by atoms with Gasteiger partial charge in [0.25, 0.3) is 0 Å². The molecule has 3 saturated heterocycles. The second kappa shape index (κ2) is 7.78. The Hall–Kier alpha value is -0.890. The highest BCUT2D eigenvalue weighted by Crippen LogP contribution is 2.41. The molecule has 0 aromatic heterocycles. The molecule has 3 heterocycles. The SMILES string of the molecule is O=PC(O)(C(=O)O)C(CC[C@@H]1SC[C@@H]2NC(=O)N[C@@H]21)C1CCCCO1. The minimum atomic E-state index is -2.35. The van der Waals surface area contributed by atoms with Crippen LogP contribution in [0.25, 0.3) is 0 Å². The standard InChI is InChI=1S/C15H23N2O6PS/c18-13(19)15(21,24-22)8(10-3-1-2-6-23-10)4-5-11-12-9(7-25-11)16-14(20)17-12/h8-12,21H,1-7H2,(H,18,19)(H2,16,17,20)/t8?,9-,10?,11-,12-,15?/m0/s1. The number of urea groups is 1. The van der Waals surface area contributed by atoms with Crippen molar-refractivity contribution in [3.63, 3.8) is 0 Å². The second-order valence-corrected chi connectivity index (χ2v) is 8.97. The number of carboxylic acids is 1. The molecule has 0 radical (unpaired) electrons. The largest absolute Gasteiger partial charge is 0.478 e. The lowest BCUT2D eigenvalue weighted by Crippen LogP contribution is -2.48. The Labute approximate surface area is 151 Å². The fourth-order valence-electron chi connectivity index (χ4n) is 3.98. The van der Waals surface area contributed by atoms with Gasteiger partial charge < -0.3 is 25.6 Å². The van der Waals surface area contributed by atoms with E-state index in [1.807, 2.05) is 0 Å². The summed E-state index contributed by atoms with van der Waals surface area (Å²) in [4.78, 5) is 23.0. The highest BCUT2D eigenvalue weighted by molar-refractivity contribution is 8.00. The summed E-state index contributed by atoms with van der Waals surface area (Å²) in [7, 11) is -0.818. The van der Waals surface area contributed by atoms with E-state index in [2.05, 4.69) is 10.6 Å². The van der Waals surface area contributed by atoms with Gasteiger partial charge >= 0.3 is 12.0 Å². The molecule has 0 bridgehead atoms. The van der Waals surface area contributed by atoms with E-state index in [-0.39, 0.29) is 23.4 Å². The van der Waals surface area contributed by atoms with Crippen molar-refractivity contribution in [2.24, 2.45) is 5.92 Å². The average molecular weight is 390 g/mol. The topological polar surface area (TPSA) is 125 Å². The van der Waals surface area contributed by atoms with E-state index < -0.39 is 31.8 Å². The quantitative estimate of drug-likeness (QED) is 0.380. The number of thioether (sulfide) groups is 1. The van der Waals surface area contributed by atoms with Crippen LogP contribution < -0.4 is 10.6 Å². The van der Waals surface area contributed by atoms with E-state index in [1.165, 1.54) is 0 Å². The molecule has 4 N–H and O–H groups in total. The zero-order valence-electron chi connectivity index (χ0n) is 13.7. The summed E-state index contributed by atoms with van der Waals surface area (Å²) in [5.41, 5.74) is 0. The van der Waals surface area contributed by atoms with Crippen molar-refractivity contribution in [3.8, 4) is 0 Å². The molecular weight excluding hydrogens is 367 g/mol. The first kappa shape index (κ1) is 18.9. The maximum absolute atomic E-state index is 11.6. The van der Waals surface area contributed by atoms with E-state index in [9.17, 15) is 24.4 Å². The Bertz CT molecular complexity index is 546. The molecule has 3 aliphatic rings. The van der Waals surface area contributed by atoms with Crippen molar-refractivity contribution in [3.05, 3.63) is 0 Å². The predicted molar refractivity (Wildman–Crippen MR) is 92.0 cm³/mol. The van der Waals surface area contributed by atoms with Gasteiger partial charge in [0.2, 0.25) is 13.8 Å². The number of carbonyl (C=O) groups is 2. The molecule has 0 saturated carbocycles. The molecule has 3 rings (SSSR count). The van der Waals surface area contributed by atoms with Crippen LogP contribution in [0.5, 0.6) is 0 Å². The highest BCUT2D eigenvalue weighted by atomic mass is 32.2. The number of aliphatic carboxylic acids is 1. The van der Waals surface area contributed by atoms with Gasteiger partial charge in [-0.3, -0.25) is 4.57 Å². The van der Waals surface area contributed by atoms with Gasteiger partial charge in [-0.25, -0.2) is 9.59 Å². The molecule has 3 unspecified atom stereocenters. The summed E-state index contributed by atoms with van der Waals surface area (Å²) in [5.74, 6) is -1.44. The van der Waals surface area contributed by atoms with Crippen LogP contribution in [-0.2, 0) is 14.1 Å². The Morgan fingerprint density at radius 3 is 2.88 bits per heavy atom. The summed E-state index contributed by atoms with van der Waals surface area (Å²) in [6.45, 7) is 0.523. The number of hydrogen-bond acceptors (Lipinski definition) is 6. The van der Waals surface area contributed by atoms with Crippen LogP contribution in [0, 0.1) is 5.92 Å². The van der Waals surface area contributed by atoms with Gasteiger partial charge in [0, 0.05) is 23.5 Å². The smallest absolute Gasteiger partial charge is 0.348 e. The Morgan fingerprint density at radius 1 is 1.44 bits per heavy atom. The molecule has 2 amide bonds. The minimum absolute atomic E-state index is 0.00754. The lowest BCUT2D eigenvalue weighted by atomic mass is 9.85. The van der Waals surface area contributed by atoms with Gasteiger partial charge in [-0.2, -0.15) is 11.8 Å². The Balaban J connectivity index is 1.70. The monoisotopic (exact) mass is 390 g/mol. The van der Waals surface area contributed by atoms with Gasteiger partial charge in [-0.15, -0.1) is 0 Å². The molecule has 3 fully saturated rings. The van der Waals surface area contributed by atoms with E-state index in [0.29, 0.717) is 25.9 Å². The van der Waals surface area contributed by atoms with Gasteiger partial charge in [-0.05, 0) is 32.1 Å². The van der Waals surface area contributed by atoms with Gasteiger partial charge in [-0.1, -0.05) is 0 Å². The number of carboxylic acid groups (broad SMARTS) is 1. The van der Waals surface area contributed by atoms with Gasteiger partial charge in [0.05, 0.1) is 18.2 Å². The van der Waals surface area contributed by atoms with Crippen molar-refractivity contribution in [2.75, 3.05) is 12.4 Å². The number of amides is 2. The lowest BCUT2D eigenvalue weighted by molar-refractivity contribution is -0.161. The van der Waals surface area contributed by atoms with Crippen molar-refractivity contribution < 1.29 is 29.1 Å². The first-order chi connectivity index (χ1) is 12.0. The van der Waals surface area contributed by atoms with Crippen LogP contribution >= 0.6 is 20.2 Å². The number of aliphatic hydroxyl groups is 1. The highest BCUT2D eigenvalue weighted by Gasteiger charge is 2.51. The van der Waals surface area contributed by atoms with Crippen LogP contribution in [-0.4, -0.2) is 63.4 Å². The van der Waals surface area contributed by atoms with Crippen molar-refractivity contribution in [1.82, 2.24) is 10.6 Å². The summed E-state index contributed by atoms with van der Waals surface area (Å²) in [5, 5.41) is 23.5. The maximum atomic E-state index is 11.6. The molecule has 8 nitrogen and oxygen atoms in total. The summed E-state index contributed by atoms with van der Waals surface area (Å²) < 4.78 is 17.2. The number of ether oxygens (including phenoxy) is 1. The molecule has 0 aromatic carbocycles. The summed E-state index contributed by atoms with van der Waals surface area (Å²) in [6, 6.07) is -0.0800. The van der Waals surface area contributed by atoms with Crippen LogP contribution in [0.15, 0.2) is 0 Å². The van der Waals surface area contributed by atoms with Crippen LogP contribution in [0.3, 0.4) is 0 Å². The molecule has 0 spiro atoms. The van der Waals surface area contributed by atoms with E-state index in [4.69, 9.17) is 4.74 Å². The second-order valence-electron chi connectivity index (χ2n) is 6.83. The normalized spacial score (nSPS) is 35.5. The molecule has 0 aliphatic carbocycles. The molecule has 10 heteroatoms. The molecule has 140 valence electrons. The summed E-state index contributed by atoms with van der Waals surface area (Å²) >= 11 is 1.72. The van der Waals surface area contributed by atoms with Gasteiger partial charge in [0.1, 0.15) is 0 Å². The van der Waals surface area contributed by atoms with E-state index in [0.717, 1.165) is 18.6 Å². The van der Waals surface area contributed by atoms with Crippen molar-refractivity contribution >= 4 is 32.2 Å².